The second kappa shape index (κ2) is 12.1. The Labute approximate surface area is 218 Å². The van der Waals surface area contributed by atoms with Crippen LogP contribution < -0.4 is 10.2 Å². The van der Waals surface area contributed by atoms with Gasteiger partial charge in [0.1, 0.15) is 11.3 Å². The van der Waals surface area contributed by atoms with Crippen molar-refractivity contribution >= 4 is 28.5 Å². The van der Waals surface area contributed by atoms with E-state index in [1.807, 2.05) is 25.3 Å². The van der Waals surface area contributed by atoms with Crippen LogP contribution in [0.4, 0.5) is 17.6 Å². The van der Waals surface area contributed by atoms with E-state index < -0.39 is 6.10 Å². The quantitative estimate of drug-likeness (QED) is 0.400. The minimum Gasteiger partial charge on any atom is -0.395 e. The summed E-state index contributed by atoms with van der Waals surface area (Å²) in [6.07, 6.45) is 7.22. The number of piperidine rings is 1. The first-order valence-electron chi connectivity index (χ1n) is 13.5. The molecule has 2 aliphatic heterocycles. The van der Waals surface area contributed by atoms with Gasteiger partial charge in [-0.25, -0.2) is 19.9 Å². The van der Waals surface area contributed by atoms with E-state index >= 15 is 0 Å². The second-order valence-electron chi connectivity index (χ2n) is 9.99. The highest BCUT2D eigenvalue weighted by Gasteiger charge is 2.20. The predicted octanol–water partition coefficient (Wildman–Crippen LogP) is 2.71. The van der Waals surface area contributed by atoms with Gasteiger partial charge in [-0.15, -0.1) is 0 Å². The summed E-state index contributed by atoms with van der Waals surface area (Å²) in [7, 11) is 0. The Kier molecular flexibility index (Phi) is 8.40. The molecule has 0 aliphatic carbocycles. The number of aliphatic hydroxyl groups excluding tert-OH is 2. The fourth-order valence-electron chi connectivity index (χ4n) is 5.09. The number of piperazine rings is 1. The summed E-state index contributed by atoms with van der Waals surface area (Å²) in [4.78, 5) is 25.8. The van der Waals surface area contributed by atoms with Crippen LogP contribution in [0.5, 0.6) is 0 Å². The summed E-state index contributed by atoms with van der Waals surface area (Å²) < 4.78 is 0. The number of hydrogen-bond acceptors (Lipinski definition) is 10. The number of pyridine rings is 2. The van der Waals surface area contributed by atoms with Crippen LogP contribution in [0.15, 0.2) is 30.6 Å². The molecule has 0 saturated carbocycles. The van der Waals surface area contributed by atoms with E-state index in [0.29, 0.717) is 23.9 Å². The highest BCUT2D eigenvalue weighted by atomic mass is 16.3. The molecule has 2 aliphatic rings. The molecule has 3 aromatic rings. The van der Waals surface area contributed by atoms with Crippen LogP contribution in [-0.2, 0) is 6.54 Å². The highest BCUT2D eigenvalue weighted by Crippen LogP contribution is 2.30. The zero-order valence-corrected chi connectivity index (χ0v) is 21.7. The molecule has 5 rings (SSSR count). The number of β-amino-alcohol motifs (C(OH)–C–C–N with tert-alkyl or cyclic N) is 1. The number of aromatic nitrogens is 4. The van der Waals surface area contributed by atoms with Gasteiger partial charge in [0, 0.05) is 70.1 Å². The monoisotopic (exact) mass is 506 g/mol. The molecule has 0 bridgehead atoms. The first-order valence-corrected chi connectivity index (χ1v) is 13.5. The van der Waals surface area contributed by atoms with Crippen LogP contribution in [0, 0.1) is 0 Å². The van der Waals surface area contributed by atoms with Crippen LogP contribution in [-0.4, -0.2) is 92.4 Å². The molecule has 10 heteroatoms. The first-order chi connectivity index (χ1) is 18.1. The minimum atomic E-state index is -0.599. The lowest BCUT2D eigenvalue weighted by atomic mass is 10.1. The average Bonchev–Trinajstić information content (AvgIpc) is 2.95. The Bertz CT molecular complexity index is 1160. The molecule has 3 N–H and O–H groups in total. The summed E-state index contributed by atoms with van der Waals surface area (Å²) in [6, 6.07) is 5.96. The van der Waals surface area contributed by atoms with E-state index in [2.05, 4.69) is 36.1 Å². The molecule has 5 heterocycles. The standard InChI is InChI=1S/C27H38N8O2/c1-2-23(37)22-16-21-18-29-27(32-25(21)26(30-22)35-8-4-3-5-9-35)31-24-7-6-20(17-28-24)19-34-12-10-33(11-13-34)14-15-36/h6-7,16-18,23,36-37H,2-5,8-15,19H2,1H3,(H,28,29,31,32)/t23-/m0/s1. The normalized spacial score (nSPS) is 18.3. The van der Waals surface area contributed by atoms with Gasteiger partial charge in [-0.2, -0.15) is 0 Å². The van der Waals surface area contributed by atoms with Gasteiger partial charge in [0.2, 0.25) is 5.95 Å². The SMILES string of the molecule is CC[C@H](O)c1cc2cnc(Nc3ccc(CN4CCN(CCO)CC4)cn3)nc2c(N2CCCCC2)n1. The van der Waals surface area contributed by atoms with E-state index in [1.54, 1.807) is 6.20 Å². The van der Waals surface area contributed by atoms with Crippen LogP contribution in [0.25, 0.3) is 10.9 Å². The van der Waals surface area contributed by atoms with Crippen LogP contribution in [0.3, 0.4) is 0 Å². The smallest absolute Gasteiger partial charge is 0.229 e. The maximum absolute atomic E-state index is 10.5. The molecule has 0 aromatic carbocycles. The van der Waals surface area contributed by atoms with Gasteiger partial charge < -0.3 is 20.4 Å². The Morgan fingerprint density at radius 2 is 1.73 bits per heavy atom. The lowest BCUT2D eigenvalue weighted by Crippen LogP contribution is -2.46. The number of nitrogens with zero attached hydrogens (tertiary/aromatic N) is 7. The van der Waals surface area contributed by atoms with E-state index in [9.17, 15) is 5.11 Å². The lowest BCUT2D eigenvalue weighted by molar-refractivity contribution is 0.108. The van der Waals surface area contributed by atoms with Crippen LogP contribution >= 0.6 is 0 Å². The third-order valence-electron chi connectivity index (χ3n) is 7.30. The Balaban J connectivity index is 1.30. The van der Waals surface area contributed by atoms with Crippen LogP contribution in [0.1, 0.15) is 50.0 Å². The number of anilines is 3. The van der Waals surface area contributed by atoms with Crippen molar-refractivity contribution in [2.75, 3.05) is 62.6 Å². The van der Waals surface area contributed by atoms with Crippen molar-refractivity contribution in [2.45, 2.75) is 45.3 Å². The molecule has 1 atom stereocenters. The molecule has 3 aromatic heterocycles. The van der Waals surface area contributed by atoms with Gasteiger partial charge in [0.25, 0.3) is 0 Å². The molecular formula is C27H38N8O2. The van der Waals surface area contributed by atoms with E-state index in [0.717, 1.165) is 81.9 Å². The predicted molar refractivity (Wildman–Crippen MR) is 145 cm³/mol. The molecule has 0 amide bonds. The fourth-order valence-corrected chi connectivity index (χ4v) is 5.09. The van der Waals surface area contributed by atoms with Gasteiger partial charge in [-0.3, -0.25) is 9.80 Å². The zero-order valence-electron chi connectivity index (χ0n) is 21.7. The van der Waals surface area contributed by atoms with Crippen molar-refractivity contribution in [3.8, 4) is 0 Å². The molecule has 2 fully saturated rings. The fraction of sp³-hybridized carbons (Fsp3) is 0.556. The molecule has 0 unspecified atom stereocenters. The molecule has 10 nitrogen and oxygen atoms in total. The van der Waals surface area contributed by atoms with Crippen molar-refractivity contribution in [3.05, 3.63) is 41.9 Å². The zero-order chi connectivity index (χ0) is 25.6. The van der Waals surface area contributed by atoms with E-state index in [4.69, 9.17) is 15.1 Å². The summed E-state index contributed by atoms with van der Waals surface area (Å²) in [6.45, 7) is 9.65. The lowest BCUT2D eigenvalue weighted by Gasteiger charge is -2.34. The molecule has 0 spiro atoms. The summed E-state index contributed by atoms with van der Waals surface area (Å²) in [5.41, 5.74) is 2.63. The van der Waals surface area contributed by atoms with Crippen LogP contribution in [0.2, 0.25) is 0 Å². The largest absolute Gasteiger partial charge is 0.395 e. The van der Waals surface area contributed by atoms with Gasteiger partial charge in [-0.1, -0.05) is 13.0 Å². The third kappa shape index (κ3) is 6.32. The number of hydrogen-bond donors (Lipinski definition) is 3. The first kappa shape index (κ1) is 25.7. The number of fused-ring (bicyclic) bond motifs is 1. The van der Waals surface area contributed by atoms with Crippen molar-refractivity contribution in [3.63, 3.8) is 0 Å². The summed E-state index contributed by atoms with van der Waals surface area (Å²) in [5.74, 6) is 2.01. The third-order valence-corrected chi connectivity index (χ3v) is 7.30. The maximum atomic E-state index is 10.5. The topological polar surface area (TPSA) is 114 Å². The Hall–Kier alpha value is -2.92. The van der Waals surface area contributed by atoms with Gasteiger partial charge >= 0.3 is 0 Å². The number of nitrogens with one attached hydrogen (secondary N) is 1. The minimum absolute atomic E-state index is 0.221. The average molecular weight is 507 g/mol. The van der Waals surface area contributed by atoms with Gasteiger partial charge in [-0.05, 0) is 43.4 Å². The highest BCUT2D eigenvalue weighted by molar-refractivity contribution is 5.89. The number of rotatable bonds is 9. The number of aliphatic hydroxyl groups is 2. The van der Waals surface area contributed by atoms with Crippen molar-refractivity contribution in [2.24, 2.45) is 0 Å². The molecule has 198 valence electrons. The molecular weight excluding hydrogens is 468 g/mol. The summed E-state index contributed by atoms with van der Waals surface area (Å²) >= 11 is 0. The maximum Gasteiger partial charge on any atom is 0.229 e. The molecule has 37 heavy (non-hydrogen) atoms. The van der Waals surface area contributed by atoms with E-state index in [1.165, 1.54) is 12.0 Å². The van der Waals surface area contributed by atoms with Crippen molar-refractivity contribution < 1.29 is 10.2 Å². The second-order valence-corrected chi connectivity index (χ2v) is 9.99. The van der Waals surface area contributed by atoms with Gasteiger partial charge in [0.15, 0.2) is 5.82 Å². The molecule has 0 radical (unpaired) electrons. The van der Waals surface area contributed by atoms with Crippen molar-refractivity contribution in [1.82, 2.24) is 29.7 Å². The Morgan fingerprint density at radius 3 is 2.43 bits per heavy atom. The van der Waals surface area contributed by atoms with Gasteiger partial charge in [0.05, 0.1) is 18.4 Å². The molecule has 2 saturated heterocycles. The van der Waals surface area contributed by atoms with E-state index in [-0.39, 0.29) is 6.61 Å². The Morgan fingerprint density at radius 1 is 0.946 bits per heavy atom. The summed E-state index contributed by atoms with van der Waals surface area (Å²) in [5, 5.41) is 23.7. The van der Waals surface area contributed by atoms with Crippen molar-refractivity contribution in [1.29, 1.82) is 0 Å².